The standard InChI is InChI=1S/C14H22BrNSSi/c1-10(2)18(11(3)4,12(5)6)8-7-14-16-13(15)9-17-14/h9-12H,1-6H3. The molecule has 4 heteroatoms. The lowest BCUT2D eigenvalue weighted by molar-refractivity contribution is 0.838. The molecule has 0 unspecified atom stereocenters. The number of hydrogen-bond acceptors (Lipinski definition) is 2. The first-order valence-corrected chi connectivity index (χ1v) is 10.3. The number of halogens is 1. The molecule has 1 rings (SSSR count). The largest absolute Gasteiger partial charge is 0.221 e. The van der Waals surface area contributed by atoms with Crippen molar-refractivity contribution in [3.05, 3.63) is 15.0 Å². The second-order valence-electron chi connectivity index (χ2n) is 5.62. The van der Waals surface area contributed by atoms with Crippen molar-refractivity contribution < 1.29 is 0 Å². The summed E-state index contributed by atoms with van der Waals surface area (Å²) in [4.78, 5) is 4.38. The van der Waals surface area contributed by atoms with Gasteiger partial charge in [-0.1, -0.05) is 41.5 Å². The van der Waals surface area contributed by atoms with Crippen molar-refractivity contribution in [2.24, 2.45) is 0 Å². The molecule has 0 aliphatic rings. The molecule has 0 aliphatic carbocycles. The summed E-state index contributed by atoms with van der Waals surface area (Å²) >= 11 is 5.00. The van der Waals surface area contributed by atoms with Gasteiger partial charge in [0, 0.05) is 5.38 Å². The van der Waals surface area contributed by atoms with E-state index in [1.54, 1.807) is 11.3 Å². The fraction of sp³-hybridized carbons (Fsp3) is 0.643. The van der Waals surface area contributed by atoms with Crippen LogP contribution in [0, 0.1) is 11.5 Å². The average molecular weight is 344 g/mol. The van der Waals surface area contributed by atoms with Crippen molar-refractivity contribution in [2.45, 2.75) is 58.2 Å². The van der Waals surface area contributed by atoms with Gasteiger partial charge in [0.2, 0.25) is 0 Å². The van der Waals surface area contributed by atoms with Gasteiger partial charge in [-0.05, 0) is 38.5 Å². The van der Waals surface area contributed by atoms with E-state index in [2.05, 4.69) is 73.9 Å². The van der Waals surface area contributed by atoms with Crippen LogP contribution in [-0.4, -0.2) is 13.1 Å². The van der Waals surface area contributed by atoms with Crippen molar-refractivity contribution in [1.29, 1.82) is 0 Å². The predicted molar refractivity (Wildman–Crippen MR) is 87.7 cm³/mol. The summed E-state index contributed by atoms with van der Waals surface area (Å²) in [5, 5.41) is 2.92. The molecule has 0 aromatic carbocycles. The molecule has 0 N–H and O–H groups in total. The normalized spacial score (nSPS) is 12.1. The molecule has 0 bridgehead atoms. The van der Waals surface area contributed by atoms with E-state index in [0.717, 1.165) is 9.61 Å². The second kappa shape index (κ2) is 6.36. The Morgan fingerprint density at radius 1 is 1.11 bits per heavy atom. The molecule has 1 nitrogen and oxygen atoms in total. The van der Waals surface area contributed by atoms with Crippen molar-refractivity contribution >= 4 is 35.3 Å². The Morgan fingerprint density at radius 2 is 1.61 bits per heavy atom. The Morgan fingerprint density at radius 3 is 1.94 bits per heavy atom. The molecule has 18 heavy (non-hydrogen) atoms. The van der Waals surface area contributed by atoms with E-state index < -0.39 is 8.07 Å². The van der Waals surface area contributed by atoms with Crippen LogP contribution in [0.25, 0.3) is 0 Å². The van der Waals surface area contributed by atoms with Crippen LogP contribution in [0.1, 0.15) is 46.6 Å². The first-order valence-electron chi connectivity index (χ1n) is 6.44. The smallest absolute Gasteiger partial charge is 0.167 e. The molecule has 0 atom stereocenters. The van der Waals surface area contributed by atoms with E-state index in [4.69, 9.17) is 0 Å². The molecule has 0 radical (unpaired) electrons. The molecule has 1 heterocycles. The van der Waals surface area contributed by atoms with Crippen molar-refractivity contribution in [1.82, 2.24) is 4.98 Å². The van der Waals surface area contributed by atoms with Crippen LogP contribution in [0.3, 0.4) is 0 Å². The Kier molecular flexibility index (Phi) is 5.63. The number of aromatic nitrogens is 1. The fourth-order valence-corrected chi connectivity index (χ4v) is 9.30. The molecule has 0 amide bonds. The summed E-state index contributed by atoms with van der Waals surface area (Å²) in [6.45, 7) is 14.0. The van der Waals surface area contributed by atoms with E-state index in [9.17, 15) is 0 Å². The van der Waals surface area contributed by atoms with Crippen molar-refractivity contribution in [3.63, 3.8) is 0 Å². The highest BCUT2D eigenvalue weighted by atomic mass is 79.9. The van der Waals surface area contributed by atoms with Gasteiger partial charge in [-0.2, -0.15) is 0 Å². The highest BCUT2D eigenvalue weighted by Gasteiger charge is 2.41. The number of hydrogen-bond donors (Lipinski definition) is 0. The summed E-state index contributed by atoms with van der Waals surface area (Å²) in [6, 6.07) is 0. The molecule has 1 aromatic heterocycles. The van der Waals surface area contributed by atoms with Gasteiger partial charge in [-0.3, -0.25) is 0 Å². The van der Waals surface area contributed by atoms with Gasteiger partial charge >= 0.3 is 0 Å². The number of thiazole rings is 1. The van der Waals surface area contributed by atoms with Crippen LogP contribution in [0.2, 0.25) is 16.6 Å². The van der Waals surface area contributed by atoms with E-state index in [1.165, 1.54) is 0 Å². The lowest BCUT2D eigenvalue weighted by Gasteiger charge is -2.37. The molecule has 0 saturated carbocycles. The minimum Gasteiger partial charge on any atom is -0.221 e. The SMILES string of the molecule is CC(C)[Si](C#Cc1nc(Br)cs1)(C(C)C)C(C)C. The lowest BCUT2D eigenvalue weighted by Crippen LogP contribution is -2.43. The van der Waals surface area contributed by atoms with Crippen LogP contribution in [-0.2, 0) is 0 Å². The molecule has 1 aromatic rings. The molecule has 0 spiro atoms. The van der Waals surface area contributed by atoms with Gasteiger partial charge in [0.25, 0.3) is 0 Å². The molecular weight excluding hydrogens is 322 g/mol. The minimum absolute atomic E-state index is 0.674. The van der Waals surface area contributed by atoms with Gasteiger partial charge in [0.1, 0.15) is 12.7 Å². The average Bonchev–Trinajstić information content (AvgIpc) is 2.63. The molecule has 0 aliphatic heterocycles. The van der Waals surface area contributed by atoms with E-state index >= 15 is 0 Å². The Labute approximate surface area is 125 Å². The summed E-state index contributed by atoms with van der Waals surface area (Å²) < 4.78 is 0.891. The van der Waals surface area contributed by atoms with Crippen LogP contribution >= 0.6 is 27.3 Å². The minimum atomic E-state index is -1.61. The zero-order valence-electron chi connectivity index (χ0n) is 12.0. The monoisotopic (exact) mass is 343 g/mol. The summed E-state index contributed by atoms with van der Waals surface area (Å²) in [7, 11) is -1.61. The zero-order valence-corrected chi connectivity index (χ0v) is 15.4. The van der Waals surface area contributed by atoms with Crippen LogP contribution in [0.5, 0.6) is 0 Å². The zero-order chi connectivity index (χ0) is 13.9. The van der Waals surface area contributed by atoms with Gasteiger partial charge < -0.3 is 0 Å². The first kappa shape index (κ1) is 15.9. The van der Waals surface area contributed by atoms with Gasteiger partial charge in [0.05, 0.1) is 0 Å². The highest BCUT2D eigenvalue weighted by Crippen LogP contribution is 2.40. The Balaban J connectivity index is 3.17. The molecule has 0 fully saturated rings. The third-order valence-electron chi connectivity index (χ3n) is 3.73. The molecule has 0 saturated heterocycles. The maximum atomic E-state index is 4.38. The molecule has 100 valence electrons. The maximum Gasteiger partial charge on any atom is 0.167 e. The summed E-state index contributed by atoms with van der Waals surface area (Å²) in [5.74, 6) is 3.34. The van der Waals surface area contributed by atoms with Crippen molar-refractivity contribution in [3.8, 4) is 11.5 Å². The topological polar surface area (TPSA) is 12.9 Å². The fourth-order valence-electron chi connectivity index (χ4n) is 2.91. The quantitative estimate of drug-likeness (QED) is 0.523. The van der Waals surface area contributed by atoms with E-state index in [0.29, 0.717) is 16.6 Å². The Hall–Kier alpha value is -0.113. The van der Waals surface area contributed by atoms with Gasteiger partial charge in [-0.15, -0.1) is 16.9 Å². The van der Waals surface area contributed by atoms with Crippen LogP contribution < -0.4 is 0 Å². The van der Waals surface area contributed by atoms with Crippen molar-refractivity contribution in [2.75, 3.05) is 0 Å². The van der Waals surface area contributed by atoms with Gasteiger partial charge in [0.15, 0.2) is 5.01 Å². The summed E-state index contributed by atoms with van der Waals surface area (Å²) in [6.07, 6.45) is 0. The van der Waals surface area contributed by atoms with E-state index in [1.807, 2.05) is 5.38 Å². The predicted octanol–water partition coefficient (Wildman–Crippen LogP) is 5.48. The van der Waals surface area contributed by atoms with Crippen LogP contribution in [0.15, 0.2) is 9.98 Å². The third kappa shape index (κ3) is 3.26. The van der Waals surface area contributed by atoms with Crippen LogP contribution in [0.4, 0.5) is 0 Å². The third-order valence-corrected chi connectivity index (χ3v) is 11.5. The number of rotatable bonds is 3. The summed E-state index contributed by atoms with van der Waals surface area (Å²) in [5.41, 5.74) is 5.70. The molecular formula is C14H22BrNSSi. The van der Waals surface area contributed by atoms with Gasteiger partial charge in [-0.25, -0.2) is 4.98 Å². The maximum absolute atomic E-state index is 4.38. The Bertz CT molecular complexity index is 432. The van der Waals surface area contributed by atoms with E-state index in [-0.39, 0.29) is 0 Å². The number of nitrogens with zero attached hydrogens (tertiary/aromatic N) is 1. The second-order valence-corrected chi connectivity index (χ2v) is 12.9. The first-order chi connectivity index (χ1) is 8.30. The highest BCUT2D eigenvalue weighted by molar-refractivity contribution is 9.10. The lowest BCUT2D eigenvalue weighted by atomic mass is 10.5.